The Morgan fingerprint density at radius 2 is 1.04 bits per heavy atom. The van der Waals surface area contributed by atoms with E-state index < -0.39 is 23.5 Å². The van der Waals surface area contributed by atoms with Crippen LogP contribution in [0.5, 0.6) is 23.0 Å². The summed E-state index contributed by atoms with van der Waals surface area (Å²) < 4.78 is 100. The molecule has 8 rings (SSSR count). The van der Waals surface area contributed by atoms with Gasteiger partial charge in [-0.05, 0) is 62.8 Å². The SMILES string of the molecule is CC.FC(F)(F)c1cnc(NC2CCC2)nc1Nc1ccc2c(c1)OCO2.FC(F)(F)c1cnc(Nc2ccc3c(c2)OCO3)nc1NC1CCC1. The van der Waals surface area contributed by atoms with Crippen molar-refractivity contribution in [2.45, 2.75) is 76.8 Å². The fourth-order valence-electron chi connectivity index (χ4n) is 5.21. The van der Waals surface area contributed by atoms with E-state index in [0.29, 0.717) is 34.4 Å². The largest absolute Gasteiger partial charge is 0.454 e. The average molecular weight is 735 g/mol. The van der Waals surface area contributed by atoms with Crippen LogP contribution in [0.25, 0.3) is 0 Å². The molecule has 0 spiro atoms. The second-order valence-electron chi connectivity index (χ2n) is 11.8. The molecule has 2 aromatic heterocycles. The quantitative estimate of drug-likeness (QED) is 0.129. The molecule has 4 heterocycles. The molecular weight excluding hydrogens is 698 g/mol. The van der Waals surface area contributed by atoms with Crippen LogP contribution in [-0.2, 0) is 12.4 Å². The molecule has 18 heteroatoms. The van der Waals surface area contributed by atoms with Gasteiger partial charge in [-0.2, -0.15) is 36.3 Å². The van der Waals surface area contributed by atoms with Crippen molar-refractivity contribution in [3.05, 3.63) is 59.9 Å². The number of hydrogen-bond donors (Lipinski definition) is 4. The van der Waals surface area contributed by atoms with E-state index in [2.05, 4.69) is 41.2 Å². The van der Waals surface area contributed by atoms with Gasteiger partial charge in [-0.25, -0.2) is 9.97 Å². The van der Waals surface area contributed by atoms with Gasteiger partial charge in [0.1, 0.15) is 22.8 Å². The van der Waals surface area contributed by atoms with Crippen molar-refractivity contribution in [1.29, 1.82) is 0 Å². The molecule has 4 N–H and O–H groups in total. The highest BCUT2D eigenvalue weighted by atomic mass is 19.4. The first-order valence-electron chi connectivity index (χ1n) is 16.7. The molecule has 2 saturated carbocycles. The first kappa shape index (κ1) is 36.4. The second kappa shape index (κ2) is 15.4. The van der Waals surface area contributed by atoms with Gasteiger partial charge in [-0.1, -0.05) is 13.8 Å². The van der Waals surface area contributed by atoms with Gasteiger partial charge in [0.05, 0.1) is 0 Å². The number of benzene rings is 2. The smallest absolute Gasteiger partial charge is 0.421 e. The summed E-state index contributed by atoms with van der Waals surface area (Å²) >= 11 is 0. The van der Waals surface area contributed by atoms with Gasteiger partial charge in [-0.15, -0.1) is 0 Å². The van der Waals surface area contributed by atoms with E-state index in [4.69, 9.17) is 18.9 Å². The van der Waals surface area contributed by atoms with Crippen LogP contribution in [0, 0.1) is 0 Å². The predicted molar refractivity (Wildman–Crippen MR) is 180 cm³/mol. The maximum absolute atomic E-state index is 13.3. The number of ether oxygens (including phenoxy) is 4. The monoisotopic (exact) mass is 734 g/mol. The van der Waals surface area contributed by atoms with Crippen LogP contribution in [0.1, 0.15) is 63.5 Å². The number of aromatic nitrogens is 4. The highest BCUT2D eigenvalue weighted by molar-refractivity contribution is 5.65. The van der Waals surface area contributed by atoms with Crippen LogP contribution in [0.2, 0.25) is 0 Å². The van der Waals surface area contributed by atoms with E-state index in [-0.39, 0.29) is 49.2 Å². The third kappa shape index (κ3) is 8.71. The third-order valence-corrected chi connectivity index (χ3v) is 8.34. The maximum Gasteiger partial charge on any atom is 0.421 e. The fraction of sp³-hybridized carbons (Fsp3) is 0.412. The highest BCUT2D eigenvalue weighted by Crippen LogP contribution is 2.40. The van der Waals surface area contributed by atoms with Crippen molar-refractivity contribution in [2.24, 2.45) is 0 Å². The lowest BCUT2D eigenvalue weighted by atomic mass is 9.93. The number of nitrogens with one attached hydrogen (secondary N) is 4. The molecule has 2 fully saturated rings. The summed E-state index contributed by atoms with van der Waals surface area (Å²) in [5.74, 6) is 1.96. The van der Waals surface area contributed by atoms with Gasteiger partial charge in [0, 0.05) is 48.0 Å². The van der Waals surface area contributed by atoms with Crippen LogP contribution in [0.3, 0.4) is 0 Å². The minimum absolute atomic E-state index is 0.0226. The second-order valence-corrected chi connectivity index (χ2v) is 11.8. The Labute approximate surface area is 294 Å². The molecule has 0 atom stereocenters. The molecule has 2 aliphatic heterocycles. The van der Waals surface area contributed by atoms with Crippen LogP contribution in [0.15, 0.2) is 48.8 Å². The third-order valence-electron chi connectivity index (χ3n) is 8.34. The van der Waals surface area contributed by atoms with Crippen LogP contribution >= 0.6 is 0 Å². The van der Waals surface area contributed by atoms with Crippen molar-refractivity contribution in [1.82, 2.24) is 19.9 Å². The Hall–Kier alpha value is -5.42. The molecule has 0 saturated heterocycles. The van der Waals surface area contributed by atoms with E-state index in [1.165, 1.54) is 0 Å². The van der Waals surface area contributed by atoms with Crippen molar-refractivity contribution in [2.75, 3.05) is 34.9 Å². The molecule has 12 nitrogen and oxygen atoms in total. The van der Waals surface area contributed by atoms with Crippen LogP contribution < -0.4 is 40.2 Å². The Kier molecular flexibility index (Phi) is 10.8. The summed E-state index contributed by atoms with van der Waals surface area (Å²) in [7, 11) is 0. The van der Waals surface area contributed by atoms with Gasteiger partial charge in [0.25, 0.3) is 0 Å². The number of halogens is 6. The Balaban J connectivity index is 0.000000171. The zero-order chi connectivity index (χ0) is 36.9. The zero-order valence-electron chi connectivity index (χ0n) is 28.1. The number of nitrogens with zero attached hydrogens (tertiary/aromatic N) is 4. The summed E-state index contributed by atoms with van der Waals surface area (Å²) in [6.45, 7) is 4.24. The standard InChI is InChI=1S/2C16H15F3N4O2.C2H6/c17-16(18,19)11-7-20-15(22-9-2-1-3-9)23-14(11)21-10-4-5-12-13(6-10)25-8-24-12;17-16(18,19)11-7-20-15(23-14(11)21-9-2-1-3-9)22-10-4-5-12-13(6-10)25-8-24-12;1-2/h2*4-7,9H,1-3,8H2,(H2,20,21,22,23);1-2H3. The molecule has 52 heavy (non-hydrogen) atoms. The zero-order valence-corrected chi connectivity index (χ0v) is 28.1. The molecular formula is C34H36F6N8O4. The topological polar surface area (TPSA) is 137 Å². The van der Waals surface area contributed by atoms with Gasteiger partial charge in [0.2, 0.25) is 25.5 Å². The number of hydrogen-bond acceptors (Lipinski definition) is 12. The average Bonchev–Trinajstić information content (AvgIpc) is 3.74. The normalized spacial score (nSPS) is 15.9. The molecule has 2 aliphatic carbocycles. The van der Waals surface area contributed by atoms with E-state index in [1.54, 1.807) is 36.4 Å². The predicted octanol–water partition coefficient (Wildman–Crippen LogP) is 8.89. The minimum Gasteiger partial charge on any atom is -0.454 e. The highest BCUT2D eigenvalue weighted by Gasteiger charge is 2.37. The van der Waals surface area contributed by atoms with Crippen molar-refractivity contribution < 1.29 is 45.3 Å². The van der Waals surface area contributed by atoms with Crippen molar-refractivity contribution in [3.8, 4) is 23.0 Å². The van der Waals surface area contributed by atoms with Gasteiger partial charge in [0.15, 0.2) is 23.0 Å². The maximum atomic E-state index is 13.3. The van der Waals surface area contributed by atoms with E-state index in [9.17, 15) is 26.3 Å². The fourth-order valence-corrected chi connectivity index (χ4v) is 5.21. The van der Waals surface area contributed by atoms with E-state index in [0.717, 1.165) is 50.9 Å². The number of fused-ring (bicyclic) bond motifs is 2. The summed E-state index contributed by atoms with van der Waals surface area (Å²) in [4.78, 5) is 15.6. The molecule has 0 radical (unpaired) electrons. The first-order chi connectivity index (χ1) is 25.0. The molecule has 2 aromatic carbocycles. The Morgan fingerprint density at radius 1 is 0.577 bits per heavy atom. The molecule has 0 bridgehead atoms. The molecule has 0 unspecified atom stereocenters. The lowest BCUT2D eigenvalue weighted by Gasteiger charge is -2.28. The van der Waals surface area contributed by atoms with Crippen molar-refractivity contribution in [3.63, 3.8) is 0 Å². The minimum atomic E-state index is -4.56. The summed E-state index contributed by atoms with van der Waals surface area (Å²) in [6.07, 6.45) is -1.76. The summed E-state index contributed by atoms with van der Waals surface area (Å²) in [6, 6.07) is 10.2. The first-order valence-corrected chi connectivity index (χ1v) is 16.7. The summed E-state index contributed by atoms with van der Waals surface area (Å²) in [5.41, 5.74) is -0.776. The number of anilines is 6. The van der Waals surface area contributed by atoms with Gasteiger partial charge < -0.3 is 40.2 Å². The number of alkyl halides is 6. The Bertz CT molecular complexity index is 1850. The van der Waals surface area contributed by atoms with Crippen LogP contribution in [0.4, 0.5) is 61.2 Å². The van der Waals surface area contributed by atoms with Crippen molar-refractivity contribution >= 4 is 34.9 Å². The van der Waals surface area contributed by atoms with Gasteiger partial charge in [-0.3, -0.25) is 0 Å². The molecule has 0 amide bonds. The van der Waals surface area contributed by atoms with Gasteiger partial charge >= 0.3 is 12.4 Å². The number of rotatable bonds is 8. The molecule has 4 aliphatic rings. The lowest BCUT2D eigenvalue weighted by molar-refractivity contribution is -0.138. The van der Waals surface area contributed by atoms with E-state index >= 15 is 0 Å². The molecule has 4 aromatic rings. The molecule has 278 valence electrons. The lowest BCUT2D eigenvalue weighted by Crippen LogP contribution is -2.29. The van der Waals surface area contributed by atoms with Crippen LogP contribution in [-0.4, -0.2) is 45.6 Å². The summed E-state index contributed by atoms with van der Waals surface area (Å²) in [5, 5.41) is 11.5. The Morgan fingerprint density at radius 3 is 1.56 bits per heavy atom. The van der Waals surface area contributed by atoms with E-state index in [1.807, 2.05) is 13.8 Å².